The molecule has 0 aliphatic heterocycles. The van der Waals surface area contributed by atoms with Gasteiger partial charge in [0, 0.05) is 6.07 Å². The molecule has 0 aliphatic rings. The third kappa shape index (κ3) is 4.44. The van der Waals surface area contributed by atoms with E-state index in [1.165, 1.54) is 12.1 Å². The number of esters is 1. The predicted octanol–water partition coefficient (Wildman–Crippen LogP) is 3.94. The van der Waals surface area contributed by atoms with E-state index in [1.54, 1.807) is 12.1 Å². The number of hydrogen-bond donors (Lipinski definition) is 0. The summed E-state index contributed by atoms with van der Waals surface area (Å²) in [5, 5.41) is 0. The average Bonchev–Trinajstić information content (AvgIpc) is 2.54. The number of halogens is 2. The summed E-state index contributed by atoms with van der Waals surface area (Å²) >= 11 is 10.8. The van der Waals surface area contributed by atoms with Crippen LogP contribution in [0, 0.1) is 4.91 Å². The fourth-order valence-electron chi connectivity index (χ4n) is 1.62. The van der Waals surface area contributed by atoms with Gasteiger partial charge in [0.05, 0.1) is 4.91 Å². The van der Waals surface area contributed by atoms with Crippen molar-refractivity contribution in [2.24, 2.45) is 0 Å². The summed E-state index contributed by atoms with van der Waals surface area (Å²) in [5.41, 5.74) is 0.875. The molecule has 0 saturated heterocycles. The number of ether oxygens (including phenoxy) is 1. The van der Waals surface area contributed by atoms with Gasteiger partial charge in [-0.15, -0.1) is 0 Å². The summed E-state index contributed by atoms with van der Waals surface area (Å²) in [7, 11) is 0. The minimum absolute atomic E-state index is 0.0156. The molecule has 114 valence electrons. The Labute approximate surface area is 136 Å². The molecule has 2 rings (SSSR count). The number of nitrogens with zero attached hydrogens (tertiary/aromatic N) is 1. The molecule has 7 heteroatoms. The molecule has 0 atom stereocenters. The maximum atomic E-state index is 12.0. The van der Waals surface area contributed by atoms with Gasteiger partial charge in [-0.2, -0.15) is 0 Å². The first-order chi connectivity index (χ1) is 10.6. The van der Waals surface area contributed by atoms with E-state index in [2.05, 4.69) is 0 Å². The highest BCUT2D eigenvalue weighted by atomic mass is 35.5. The van der Waals surface area contributed by atoms with Crippen molar-refractivity contribution in [2.75, 3.05) is 0 Å². The van der Waals surface area contributed by atoms with Gasteiger partial charge in [-0.05, 0) is 11.6 Å². The summed E-state index contributed by atoms with van der Waals surface area (Å²) in [6.07, 6.45) is 0. The first-order valence-electron chi connectivity index (χ1n) is 6.31. The highest BCUT2D eigenvalue weighted by Crippen LogP contribution is 2.27. The number of carbonyl (C=O) groups is 1. The van der Waals surface area contributed by atoms with E-state index in [0.717, 1.165) is 5.56 Å². The fraction of sp³-hybridized carbons (Fsp3) is 0.133. The number of para-hydroxylation sites is 2. The van der Waals surface area contributed by atoms with Gasteiger partial charge in [-0.3, -0.25) is 0 Å². The van der Waals surface area contributed by atoms with Crippen molar-refractivity contribution < 1.29 is 19.3 Å². The van der Waals surface area contributed by atoms with Crippen LogP contribution in [0.2, 0.25) is 0 Å². The third-order valence-electron chi connectivity index (χ3n) is 2.64. The van der Waals surface area contributed by atoms with Crippen molar-refractivity contribution in [3.63, 3.8) is 0 Å². The Balaban J connectivity index is 2.07. The second-order valence-corrected chi connectivity index (χ2v) is 5.30. The van der Waals surface area contributed by atoms with Crippen LogP contribution >= 0.6 is 23.2 Å². The Morgan fingerprint density at radius 3 is 2.36 bits per heavy atom. The van der Waals surface area contributed by atoms with E-state index < -0.39 is 10.8 Å². The van der Waals surface area contributed by atoms with Crippen LogP contribution in [-0.4, -0.2) is 15.7 Å². The fourth-order valence-corrected chi connectivity index (χ4v) is 1.71. The number of benzene rings is 2. The van der Waals surface area contributed by atoms with Gasteiger partial charge in [0.2, 0.25) is 10.6 Å². The molecule has 0 N–H and O–H groups in total. The molecule has 0 radical (unpaired) electrons. The van der Waals surface area contributed by atoms with Crippen molar-refractivity contribution in [3.8, 4) is 5.75 Å². The zero-order chi connectivity index (χ0) is 15.9. The van der Waals surface area contributed by atoms with Gasteiger partial charge in [0.1, 0.15) is 0 Å². The zero-order valence-electron chi connectivity index (χ0n) is 11.3. The zero-order valence-corrected chi connectivity index (χ0v) is 12.8. The quantitative estimate of drug-likeness (QED) is 0.346. The van der Waals surface area contributed by atoms with Crippen LogP contribution in [0.1, 0.15) is 5.56 Å². The van der Waals surface area contributed by atoms with E-state index in [1.807, 2.05) is 30.3 Å². The van der Waals surface area contributed by atoms with E-state index >= 15 is 0 Å². The van der Waals surface area contributed by atoms with Gasteiger partial charge in [-0.25, -0.2) is 9.63 Å². The molecule has 0 aromatic heterocycles. The van der Waals surface area contributed by atoms with E-state index in [0.29, 0.717) is 0 Å². The average molecular weight is 341 g/mol. The maximum absolute atomic E-state index is 12.0. The minimum atomic E-state index is -1.33. The Hall–Kier alpha value is -2.11. The van der Waals surface area contributed by atoms with Gasteiger partial charge < -0.3 is 4.74 Å². The molecule has 0 saturated carbocycles. The number of rotatable bonds is 6. The third-order valence-corrected chi connectivity index (χ3v) is 3.00. The second kappa shape index (κ2) is 7.77. The predicted molar refractivity (Wildman–Crippen MR) is 82.1 cm³/mol. The van der Waals surface area contributed by atoms with Crippen LogP contribution in [0.15, 0.2) is 54.6 Å². The first-order valence-corrected chi connectivity index (χ1v) is 7.18. The molecule has 0 aliphatic carbocycles. The van der Waals surface area contributed by atoms with Crippen LogP contribution in [0.3, 0.4) is 0 Å². The molecule has 0 amide bonds. The molecule has 22 heavy (non-hydrogen) atoms. The molecule has 0 unspecified atom stereocenters. The monoisotopic (exact) mass is 340 g/mol. The van der Waals surface area contributed by atoms with Crippen LogP contribution in [0.4, 0.5) is 5.69 Å². The molecular formula is C15H12Cl2NO4+. The highest BCUT2D eigenvalue weighted by Gasteiger charge is 2.26. The van der Waals surface area contributed by atoms with Crippen LogP contribution in [-0.2, 0) is 16.2 Å². The summed E-state index contributed by atoms with van der Waals surface area (Å²) in [6.45, 7) is 0.0836. The number of hydrogen-bond acceptors (Lipinski definition) is 4. The van der Waals surface area contributed by atoms with Gasteiger partial charge >= 0.3 is 11.7 Å². The Kier molecular flexibility index (Phi) is 5.75. The van der Waals surface area contributed by atoms with Gasteiger partial charge in [0.25, 0.3) is 4.92 Å². The van der Waals surface area contributed by atoms with Gasteiger partial charge in [0.15, 0.2) is 6.61 Å². The molecule has 2 aromatic rings. The van der Waals surface area contributed by atoms with E-state index in [4.69, 9.17) is 32.8 Å². The standard InChI is InChI=1S/C15H12Cl2NO4/c16-14(17)15(19)22-13-9-5-4-8-12(13)18(20)21-10-11-6-2-1-3-7-11/h1-9,14H,10H2/q+1. The van der Waals surface area contributed by atoms with Crippen molar-refractivity contribution >= 4 is 34.9 Å². The minimum Gasteiger partial charge on any atom is -0.417 e. The number of alkyl halides is 2. The van der Waals surface area contributed by atoms with Crippen molar-refractivity contribution in [1.82, 2.24) is 0 Å². The van der Waals surface area contributed by atoms with E-state index in [9.17, 15) is 9.70 Å². The van der Waals surface area contributed by atoms with E-state index in [-0.39, 0.29) is 23.0 Å². The van der Waals surface area contributed by atoms with Crippen LogP contribution in [0.25, 0.3) is 0 Å². The molecule has 0 fully saturated rings. The molecule has 5 nitrogen and oxygen atoms in total. The summed E-state index contributed by atoms with van der Waals surface area (Å²) in [6, 6.07) is 15.3. The SMILES string of the molecule is O=C(Oc1ccccc1[N+](=O)OCc1ccccc1)C(Cl)Cl. The lowest BCUT2D eigenvalue weighted by Crippen LogP contribution is -2.16. The molecule has 2 aromatic carbocycles. The van der Waals surface area contributed by atoms with Crippen LogP contribution in [0.5, 0.6) is 5.75 Å². The van der Waals surface area contributed by atoms with Gasteiger partial charge in [-0.1, -0.05) is 65.7 Å². The highest BCUT2D eigenvalue weighted by molar-refractivity contribution is 6.53. The Morgan fingerprint density at radius 2 is 1.68 bits per heavy atom. The maximum Gasteiger partial charge on any atom is 0.358 e. The smallest absolute Gasteiger partial charge is 0.358 e. The molecule has 0 spiro atoms. The number of carbonyl (C=O) groups excluding carboxylic acids is 1. The van der Waals surface area contributed by atoms with Crippen LogP contribution < -0.4 is 4.74 Å². The lowest BCUT2D eigenvalue weighted by Gasteiger charge is -2.04. The lowest BCUT2D eigenvalue weighted by molar-refractivity contribution is -0.750. The van der Waals surface area contributed by atoms with Crippen molar-refractivity contribution in [2.45, 2.75) is 11.4 Å². The molecular weight excluding hydrogens is 329 g/mol. The topological polar surface area (TPSA) is 55.6 Å². The Morgan fingerprint density at radius 1 is 1.05 bits per heavy atom. The van der Waals surface area contributed by atoms with Crippen molar-refractivity contribution in [1.29, 1.82) is 0 Å². The molecule has 0 heterocycles. The van der Waals surface area contributed by atoms with Crippen molar-refractivity contribution in [3.05, 3.63) is 65.1 Å². The summed E-state index contributed by atoms with van der Waals surface area (Å²) in [5.74, 6) is -0.853. The largest absolute Gasteiger partial charge is 0.417 e. The second-order valence-electron chi connectivity index (χ2n) is 4.21. The Bertz CT molecular complexity index is 662. The molecule has 0 bridgehead atoms. The normalized spacial score (nSPS) is 10.3. The summed E-state index contributed by atoms with van der Waals surface area (Å²) in [4.78, 5) is 27.5. The summed E-state index contributed by atoms with van der Waals surface area (Å²) < 4.78 is 4.96. The lowest BCUT2D eigenvalue weighted by atomic mass is 10.2. The first kappa shape index (κ1) is 16.3.